The average molecular weight is 282 g/mol. The van der Waals surface area contributed by atoms with Gasteiger partial charge in [0.1, 0.15) is 17.7 Å². The van der Waals surface area contributed by atoms with Crippen molar-refractivity contribution in [3.05, 3.63) is 34.1 Å². The number of halogens is 1. The molecule has 1 aromatic carbocycles. The molecule has 7 heteroatoms. The fourth-order valence-corrected chi connectivity index (χ4v) is 2.23. The summed E-state index contributed by atoms with van der Waals surface area (Å²) in [6.07, 6.45) is 1.25. The number of nitro groups is 1. The molecule has 1 heterocycles. The van der Waals surface area contributed by atoms with Gasteiger partial charge in [0.15, 0.2) is 0 Å². The fraction of sp³-hybridized carbons (Fsp3) is 0.462. The first-order valence-electron chi connectivity index (χ1n) is 6.33. The molecule has 1 aromatic rings. The van der Waals surface area contributed by atoms with E-state index in [0.717, 1.165) is 25.0 Å². The molecule has 0 radical (unpaired) electrons. The molecule has 20 heavy (non-hydrogen) atoms. The first-order chi connectivity index (χ1) is 9.45. The summed E-state index contributed by atoms with van der Waals surface area (Å²) in [7, 11) is 0. The van der Waals surface area contributed by atoms with Crippen LogP contribution in [0.2, 0.25) is 0 Å². The van der Waals surface area contributed by atoms with Gasteiger partial charge < -0.3 is 9.64 Å². The zero-order chi connectivity index (χ0) is 14.7. The van der Waals surface area contributed by atoms with Gasteiger partial charge in [-0.2, -0.15) is 0 Å². The van der Waals surface area contributed by atoms with Crippen molar-refractivity contribution in [2.45, 2.75) is 25.9 Å². The first kappa shape index (κ1) is 14.2. The lowest BCUT2D eigenvalue weighted by Gasteiger charge is -2.32. The zero-order valence-corrected chi connectivity index (χ0v) is 11.0. The molecule has 6 nitrogen and oxygen atoms in total. The number of piperidine rings is 1. The van der Waals surface area contributed by atoms with Crippen LogP contribution in [0, 0.1) is 15.9 Å². The van der Waals surface area contributed by atoms with Gasteiger partial charge in [0, 0.05) is 19.5 Å². The molecule has 0 saturated carbocycles. The largest absolute Gasteiger partial charge is 0.488 e. The Labute approximate surface area is 115 Å². The van der Waals surface area contributed by atoms with Gasteiger partial charge >= 0.3 is 0 Å². The maximum atomic E-state index is 13.3. The van der Waals surface area contributed by atoms with Crippen molar-refractivity contribution in [3.63, 3.8) is 0 Å². The van der Waals surface area contributed by atoms with Crippen molar-refractivity contribution in [3.8, 4) is 5.75 Å². The van der Waals surface area contributed by atoms with Gasteiger partial charge in [-0.1, -0.05) is 0 Å². The first-order valence-corrected chi connectivity index (χ1v) is 6.33. The van der Waals surface area contributed by atoms with Gasteiger partial charge in [0.2, 0.25) is 5.91 Å². The Morgan fingerprint density at radius 1 is 1.50 bits per heavy atom. The number of hydrogen-bond acceptors (Lipinski definition) is 4. The van der Waals surface area contributed by atoms with E-state index < -0.39 is 10.7 Å². The van der Waals surface area contributed by atoms with E-state index in [9.17, 15) is 19.3 Å². The van der Waals surface area contributed by atoms with Gasteiger partial charge in [-0.15, -0.1) is 0 Å². The Bertz CT molecular complexity index is 535. The standard InChI is InChI=1S/C13H15FN2O4/c1-9(17)15-4-2-3-12(8-15)20-13-6-10(14)5-11(7-13)16(18)19/h5-7,12H,2-4,8H2,1H3/t12-/m1/s1. The Balaban J connectivity index is 2.09. The number of nitrogens with zero attached hydrogens (tertiary/aromatic N) is 2. The van der Waals surface area contributed by atoms with Crippen LogP contribution in [0.5, 0.6) is 5.75 Å². The van der Waals surface area contributed by atoms with Crippen LogP contribution in [-0.4, -0.2) is 34.9 Å². The Kier molecular flexibility index (Phi) is 4.16. The van der Waals surface area contributed by atoms with Crippen molar-refractivity contribution >= 4 is 11.6 Å². The third-order valence-corrected chi connectivity index (χ3v) is 3.19. The molecule has 0 aromatic heterocycles. The second-order valence-corrected chi connectivity index (χ2v) is 4.75. The van der Waals surface area contributed by atoms with Crippen molar-refractivity contribution in [2.75, 3.05) is 13.1 Å². The summed E-state index contributed by atoms with van der Waals surface area (Å²) in [5.74, 6) is -0.635. The van der Waals surface area contributed by atoms with Crippen LogP contribution in [0.25, 0.3) is 0 Å². The van der Waals surface area contributed by atoms with Gasteiger partial charge in [0.05, 0.1) is 23.6 Å². The number of rotatable bonds is 3. The maximum Gasteiger partial charge on any atom is 0.276 e. The minimum Gasteiger partial charge on any atom is -0.488 e. The quantitative estimate of drug-likeness (QED) is 0.629. The Morgan fingerprint density at radius 2 is 2.25 bits per heavy atom. The molecule has 0 N–H and O–H groups in total. The van der Waals surface area contributed by atoms with Crippen LogP contribution in [0.15, 0.2) is 18.2 Å². The fourth-order valence-electron chi connectivity index (χ4n) is 2.23. The van der Waals surface area contributed by atoms with E-state index in [1.54, 1.807) is 4.90 Å². The second-order valence-electron chi connectivity index (χ2n) is 4.75. The molecular formula is C13H15FN2O4. The number of carbonyl (C=O) groups excluding carboxylic acids is 1. The van der Waals surface area contributed by atoms with Crippen molar-refractivity contribution in [1.29, 1.82) is 0 Å². The molecule has 2 rings (SSSR count). The smallest absolute Gasteiger partial charge is 0.276 e. The van der Waals surface area contributed by atoms with Gasteiger partial charge in [-0.05, 0) is 12.8 Å². The average Bonchev–Trinajstić information content (AvgIpc) is 2.38. The Morgan fingerprint density at radius 3 is 2.90 bits per heavy atom. The number of likely N-dealkylation sites (tertiary alicyclic amines) is 1. The van der Waals surface area contributed by atoms with Crippen LogP contribution in [0.3, 0.4) is 0 Å². The third kappa shape index (κ3) is 3.43. The maximum absolute atomic E-state index is 13.3. The van der Waals surface area contributed by atoms with Gasteiger partial charge in [-0.3, -0.25) is 14.9 Å². The highest BCUT2D eigenvalue weighted by Gasteiger charge is 2.23. The number of carbonyl (C=O) groups is 1. The molecule has 0 unspecified atom stereocenters. The van der Waals surface area contributed by atoms with Crippen LogP contribution < -0.4 is 4.74 Å². The molecule has 0 aliphatic carbocycles. The van der Waals surface area contributed by atoms with E-state index in [0.29, 0.717) is 13.1 Å². The molecular weight excluding hydrogens is 267 g/mol. The lowest BCUT2D eigenvalue weighted by Crippen LogP contribution is -2.43. The minimum absolute atomic E-state index is 0.0384. The van der Waals surface area contributed by atoms with E-state index in [4.69, 9.17) is 4.74 Å². The highest BCUT2D eigenvalue weighted by molar-refractivity contribution is 5.73. The summed E-state index contributed by atoms with van der Waals surface area (Å²) in [4.78, 5) is 23.0. The van der Waals surface area contributed by atoms with E-state index in [-0.39, 0.29) is 23.4 Å². The molecule has 0 bridgehead atoms. The van der Waals surface area contributed by atoms with Crippen LogP contribution in [-0.2, 0) is 4.79 Å². The number of ether oxygens (including phenoxy) is 1. The van der Waals surface area contributed by atoms with E-state index in [2.05, 4.69) is 0 Å². The summed E-state index contributed by atoms with van der Waals surface area (Å²) in [6, 6.07) is 3.14. The topological polar surface area (TPSA) is 72.7 Å². The predicted molar refractivity (Wildman–Crippen MR) is 69.0 cm³/mol. The highest BCUT2D eigenvalue weighted by Crippen LogP contribution is 2.24. The van der Waals surface area contributed by atoms with Crippen LogP contribution in [0.4, 0.5) is 10.1 Å². The number of non-ortho nitro benzene ring substituents is 1. The monoisotopic (exact) mass is 282 g/mol. The van der Waals surface area contributed by atoms with Crippen LogP contribution >= 0.6 is 0 Å². The van der Waals surface area contributed by atoms with Gasteiger partial charge in [-0.25, -0.2) is 4.39 Å². The third-order valence-electron chi connectivity index (χ3n) is 3.19. The number of amides is 1. The number of benzene rings is 1. The number of hydrogen-bond donors (Lipinski definition) is 0. The Hall–Kier alpha value is -2.18. The van der Waals surface area contributed by atoms with Crippen molar-refractivity contribution in [2.24, 2.45) is 0 Å². The van der Waals surface area contributed by atoms with Crippen molar-refractivity contribution in [1.82, 2.24) is 4.90 Å². The van der Waals surface area contributed by atoms with Crippen molar-refractivity contribution < 1.29 is 18.8 Å². The normalized spacial score (nSPS) is 18.7. The summed E-state index contributed by atoms with van der Waals surface area (Å²) in [5, 5.41) is 10.7. The second kappa shape index (κ2) is 5.85. The number of nitro benzene ring substituents is 1. The highest BCUT2D eigenvalue weighted by atomic mass is 19.1. The molecule has 1 fully saturated rings. The summed E-state index contributed by atoms with van der Waals surface area (Å²) in [6.45, 7) is 2.58. The molecule has 0 spiro atoms. The molecule has 1 saturated heterocycles. The van der Waals surface area contributed by atoms with E-state index in [1.807, 2.05) is 0 Å². The molecule has 1 amide bonds. The molecule has 1 aliphatic heterocycles. The lowest BCUT2D eigenvalue weighted by atomic mass is 10.1. The van der Waals surface area contributed by atoms with Gasteiger partial charge in [0.25, 0.3) is 5.69 Å². The van der Waals surface area contributed by atoms with E-state index in [1.165, 1.54) is 13.0 Å². The lowest BCUT2D eigenvalue weighted by molar-refractivity contribution is -0.385. The zero-order valence-electron chi connectivity index (χ0n) is 11.0. The SMILES string of the molecule is CC(=O)N1CCC[C@@H](Oc2cc(F)cc([N+](=O)[O-])c2)C1. The summed E-state index contributed by atoms with van der Waals surface area (Å²) < 4.78 is 18.9. The minimum atomic E-state index is -0.714. The molecule has 1 aliphatic rings. The predicted octanol–water partition coefficient (Wildman–Crippen LogP) is 2.12. The summed E-state index contributed by atoms with van der Waals surface area (Å²) in [5.41, 5.74) is -0.348. The molecule has 108 valence electrons. The summed E-state index contributed by atoms with van der Waals surface area (Å²) >= 11 is 0. The molecule has 1 atom stereocenters. The van der Waals surface area contributed by atoms with Crippen LogP contribution in [0.1, 0.15) is 19.8 Å². The van der Waals surface area contributed by atoms with E-state index >= 15 is 0 Å².